The predicted molar refractivity (Wildman–Crippen MR) is 111 cm³/mol. The maximum atomic E-state index is 12.4. The topological polar surface area (TPSA) is 76.2 Å². The number of carbonyl (C=O) groups excluding carboxylic acids is 1. The van der Waals surface area contributed by atoms with Crippen molar-refractivity contribution in [2.75, 3.05) is 26.5 Å². The van der Waals surface area contributed by atoms with Crippen molar-refractivity contribution in [3.05, 3.63) is 59.8 Å². The number of carbonyl (C=O) groups is 1. The van der Waals surface area contributed by atoms with Crippen LogP contribution in [0.2, 0.25) is 0 Å². The summed E-state index contributed by atoms with van der Waals surface area (Å²) < 4.78 is 10.5. The van der Waals surface area contributed by atoms with Crippen LogP contribution in [0.4, 0.5) is 0 Å². The molecule has 0 fully saturated rings. The summed E-state index contributed by atoms with van der Waals surface area (Å²) in [6, 6.07) is 13.5. The van der Waals surface area contributed by atoms with Gasteiger partial charge in [-0.15, -0.1) is 0 Å². The molecule has 3 aromatic rings. The average molecular weight is 398 g/mol. The van der Waals surface area contributed by atoms with Crippen LogP contribution in [0.5, 0.6) is 11.5 Å². The molecule has 0 spiro atoms. The second-order valence-electron chi connectivity index (χ2n) is 6.11. The van der Waals surface area contributed by atoms with E-state index in [9.17, 15) is 4.79 Å². The Kier molecular flexibility index (Phi) is 6.60. The van der Waals surface area contributed by atoms with Gasteiger partial charge in [0, 0.05) is 12.3 Å². The molecule has 1 aromatic heterocycles. The minimum atomic E-state index is -0.198. The summed E-state index contributed by atoms with van der Waals surface area (Å²) >= 11 is 1.56. The van der Waals surface area contributed by atoms with Gasteiger partial charge in [-0.1, -0.05) is 47.7 Å². The fourth-order valence-corrected chi connectivity index (χ4v) is 3.44. The summed E-state index contributed by atoms with van der Waals surface area (Å²) in [5, 5.41) is 3.73. The van der Waals surface area contributed by atoms with Gasteiger partial charge in [0.05, 0.1) is 31.7 Å². The second kappa shape index (κ2) is 9.32. The Bertz CT molecular complexity index is 938. The van der Waals surface area contributed by atoms with Crippen molar-refractivity contribution in [2.24, 2.45) is 0 Å². The van der Waals surface area contributed by atoms with Gasteiger partial charge in [-0.3, -0.25) is 4.79 Å². The molecule has 3 rings (SSSR count). The third kappa shape index (κ3) is 4.67. The minimum Gasteiger partial charge on any atom is -0.493 e. The fraction of sp³-hybridized carbons (Fsp3) is 0.238. The molecule has 7 heteroatoms. The SMILES string of the molecule is COc1cccc(C(=O)NCCSc2ncc(-c3ccc(C)cc3)[nH]2)c1OC. The highest BCUT2D eigenvalue weighted by atomic mass is 32.2. The van der Waals surface area contributed by atoms with Gasteiger partial charge in [0.2, 0.25) is 0 Å². The predicted octanol–water partition coefficient (Wildman–Crippen LogP) is 3.92. The van der Waals surface area contributed by atoms with Crippen molar-refractivity contribution in [1.82, 2.24) is 15.3 Å². The number of aryl methyl sites for hydroxylation is 1. The molecule has 1 heterocycles. The third-order valence-corrected chi connectivity index (χ3v) is 5.08. The van der Waals surface area contributed by atoms with Gasteiger partial charge in [0.25, 0.3) is 5.91 Å². The van der Waals surface area contributed by atoms with Crippen LogP contribution in [-0.2, 0) is 0 Å². The molecule has 0 atom stereocenters. The maximum absolute atomic E-state index is 12.4. The molecule has 6 nitrogen and oxygen atoms in total. The normalized spacial score (nSPS) is 10.5. The van der Waals surface area contributed by atoms with E-state index < -0.39 is 0 Å². The number of benzene rings is 2. The van der Waals surface area contributed by atoms with Crippen molar-refractivity contribution in [2.45, 2.75) is 12.1 Å². The number of nitrogens with one attached hydrogen (secondary N) is 2. The lowest BCUT2D eigenvalue weighted by atomic mass is 10.1. The monoisotopic (exact) mass is 397 g/mol. The molecule has 0 aliphatic rings. The van der Waals surface area contributed by atoms with Crippen LogP contribution < -0.4 is 14.8 Å². The summed E-state index contributed by atoms with van der Waals surface area (Å²) in [5.74, 6) is 1.46. The number of nitrogens with zero attached hydrogens (tertiary/aromatic N) is 1. The molecule has 28 heavy (non-hydrogen) atoms. The Morgan fingerprint density at radius 2 is 1.93 bits per heavy atom. The quantitative estimate of drug-likeness (QED) is 0.445. The summed E-state index contributed by atoms with van der Waals surface area (Å²) in [4.78, 5) is 20.1. The zero-order valence-electron chi connectivity index (χ0n) is 16.1. The van der Waals surface area contributed by atoms with E-state index in [4.69, 9.17) is 9.47 Å². The van der Waals surface area contributed by atoms with Gasteiger partial charge >= 0.3 is 0 Å². The number of ether oxygens (including phenoxy) is 2. The van der Waals surface area contributed by atoms with Gasteiger partial charge in [0.1, 0.15) is 0 Å². The average Bonchev–Trinajstić information content (AvgIpc) is 3.19. The number of imidazole rings is 1. The standard InChI is InChI=1S/C21H23N3O3S/c1-14-7-9-15(10-8-14)17-13-23-21(24-17)28-12-11-22-20(25)16-5-4-6-18(26-2)19(16)27-3/h4-10,13H,11-12H2,1-3H3,(H,22,25)(H,23,24). The molecule has 0 bridgehead atoms. The molecule has 2 N–H and O–H groups in total. The van der Waals surface area contributed by atoms with Crippen molar-refractivity contribution in [1.29, 1.82) is 0 Å². The lowest BCUT2D eigenvalue weighted by molar-refractivity contribution is 0.0952. The van der Waals surface area contributed by atoms with Crippen molar-refractivity contribution in [3.63, 3.8) is 0 Å². The summed E-state index contributed by atoms with van der Waals surface area (Å²) in [6.07, 6.45) is 1.83. The second-order valence-corrected chi connectivity index (χ2v) is 7.20. The minimum absolute atomic E-state index is 0.198. The number of aromatic nitrogens is 2. The first-order chi connectivity index (χ1) is 13.6. The van der Waals surface area contributed by atoms with E-state index in [1.165, 1.54) is 12.7 Å². The van der Waals surface area contributed by atoms with E-state index >= 15 is 0 Å². The van der Waals surface area contributed by atoms with Crippen LogP contribution in [0.15, 0.2) is 53.8 Å². The zero-order chi connectivity index (χ0) is 19.9. The molecule has 146 valence electrons. The first-order valence-electron chi connectivity index (χ1n) is 8.86. The number of rotatable bonds is 8. The molecule has 0 unspecified atom stereocenters. The van der Waals surface area contributed by atoms with Crippen LogP contribution in [0.1, 0.15) is 15.9 Å². The van der Waals surface area contributed by atoms with Gasteiger partial charge in [-0.2, -0.15) is 0 Å². The molecular weight excluding hydrogens is 374 g/mol. The number of H-pyrrole nitrogens is 1. The molecule has 0 aliphatic heterocycles. The first kappa shape index (κ1) is 19.8. The summed E-state index contributed by atoms with van der Waals surface area (Å²) in [5.41, 5.74) is 3.75. The number of methoxy groups -OCH3 is 2. The Balaban J connectivity index is 1.52. The molecule has 1 amide bonds. The number of hydrogen-bond donors (Lipinski definition) is 2. The van der Waals surface area contributed by atoms with Crippen molar-refractivity contribution < 1.29 is 14.3 Å². The van der Waals surface area contributed by atoms with Crippen LogP contribution in [-0.4, -0.2) is 42.4 Å². The van der Waals surface area contributed by atoms with E-state index in [0.29, 0.717) is 29.4 Å². The van der Waals surface area contributed by atoms with E-state index in [1.807, 2.05) is 6.20 Å². The molecule has 2 aromatic carbocycles. The molecule has 0 radical (unpaired) electrons. The van der Waals surface area contributed by atoms with Gasteiger partial charge in [-0.25, -0.2) is 4.98 Å². The maximum Gasteiger partial charge on any atom is 0.255 e. The number of para-hydroxylation sites is 1. The lowest BCUT2D eigenvalue weighted by Crippen LogP contribution is -2.26. The van der Waals surface area contributed by atoms with E-state index in [2.05, 4.69) is 46.5 Å². The van der Waals surface area contributed by atoms with Crippen LogP contribution in [0, 0.1) is 6.92 Å². The summed E-state index contributed by atoms with van der Waals surface area (Å²) in [6.45, 7) is 2.57. The van der Waals surface area contributed by atoms with Gasteiger partial charge < -0.3 is 19.8 Å². The number of hydrogen-bond acceptors (Lipinski definition) is 5. The molecule has 0 aliphatic carbocycles. The molecule has 0 saturated heterocycles. The van der Waals surface area contributed by atoms with Crippen LogP contribution in [0.3, 0.4) is 0 Å². The number of aromatic amines is 1. The smallest absolute Gasteiger partial charge is 0.255 e. The number of amides is 1. The molecular formula is C21H23N3O3S. The van der Waals surface area contributed by atoms with Crippen molar-refractivity contribution in [3.8, 4) is 22.8 Å². The number of thioether (sulfide) groups is 1. The van der Waals surface area contributed by atoms with Gasteiger partial charge in [-0.05, 0) is 24.6 Å². The van der Waals surface area contributed by atoms with E-state index in [1.54, 1.807) is 37.1 Å². The third-order valence-electron chi connectivity index (χ3n) is 4.19. The summed E-state index contributed by atoms with van der Waals surface area (Å²) in [7, 11) is 3.07. The van der Waals surface area contributed by atoms with E-state index in [-0.39, 0.29) is 5.91 Å². The van der Waals surface area contributed by atoms with Crippen LogP contribution >= 0.6 is 11.8 Å². The fourth-order valence-electron chi connectivity index (χ4n) is 2.73. The molecule has 0 saturated carbocycles. The van der Waals surface area contributed by atoms with Crippen LogP contribution in [0.25, 0.3) is 11.3 Å². The van der Waals surface area contributed by atoms with Gasteiger partial charge in [0.15, 0.2) is 16.7 Å². The highest BCUT2D eigenvalue weighted by molar-refractivity contribution is 7.99. The Labute approximate surface area is 168 Å². The highest BCUT2D eigenvalue weighted by Gasteiger charge is 2.15. The zero-order valence-corrected chi connectivity index (χ0v) is 16.9. The van der Waals surface area contributed by atoms with E-state index in [0.717, 1.165) is 16.4 Å². The van der Waals surface area contributed by atoms with Crippen molar-refractivity contribution >= 4 is 17.7 Å². The Morgan fingerprint density at radius 3 is 2.64 bits per heavy atom. The lowest BCUT2D eigenvalue weighted by Gasteiger charge is -2.12. The largest absolute Gasteiger partial charge is 0.493 e. The highest BCUT2D eigenvalue weighted by Crippen LogP contribution is 2.30. The first-order valence-corrected chi connectivity index (χ1v) is 9.85. The Hall–Kier alpha value is -2.93. The Morgan fingerprint density at radius 1 is 1.14 bits per heavy atom.